The van der Waals surface area contributed by atoms with Gasteiger partial charge in [0.15, 0.2) is 0 Å². The number of hydrogen-bond donors (Lipinski definition) is 2. The molecule has 1 unspecified atom stereocenters. The van der Waals surface area contributed by atoms with Crippen LogP contribution in [0.2, 0.25) is 0 Å². The van der Waals surface area contributed by atoms with E-state index in [1.807, 2.05) is 41.5 Å². The minimum absolute atomic E-state index is 0.567. The largest absolute Gasteiger partial charge is 0.379 e. The number of ether oxygens (including phenoxy) is 1. The summed E-state index contributed by atoms with van der Waals surface area (Å²) >= 11 is 0. The summed E-state index contributed by atoms with van der Waals surface area (Å²) in [7, 11) is 0. The zero-order valence-corrected chi connectivity index (χ0v) is 20.8. The van der Waals surface area contributed by atoms with Gasteiger partial charge >= 0.3 is 0 Å². The molecule has 0 radical (unpaired) electrons. The molecule has 0 aromatic rings. The van der Waals surface area contributed by atoms with Crippen LogP contribution < -0.4 is 10.6 Å². The van der Waals surface area contributed by atoms with Gasteiger partial charge in [0.05, 0.1) is 6.10 Å². The number of rotatable bonds is 5. The standard InChI is InChI=1S/C14H28O.C4H10N2.3C2H6/c1-5-15-14-8-6-13(7-9-14)12(4)10-11(2)3;1-2-6-4-3-5-1;3*1-2/h11-14H,5-10H2,1-4H3;5-6H,1-4H2;3*1-2H3. The molecule has 1 aliphatic carbocycles. The summed E-state index contributed by atoms with van der Waals surface area (Å²) in [5, 5.41) is 6.44. The van der Waals surface area contributed by atoms with E-state index in [1.165, 1.54) is 32.1 Å². The van der Waals surface area contributed by atoms with Gasteiger partial charge in [-0.2, -0.15) is 0 Å². The molecule has 2 N–H and O–H groups in total. The lowest BCUT2D eigenvalue weighted by atomic mass is 9.77. The summed E-state index contributed by atoms with van der Waals surface area (Å²) in [6.07, 6.45) is 7.32. The average molecular weight is 389 g/mol. The Morgan fingerprint density at radius 1 is 0.741 bits per heavy atom. The number of nitrogens with one attached hydrogen (secondary N) is 2. The molecule has 0 aromatic carbocycles. The molecule has 2 fully saturated rings. The molecule has 0 bridgehead atoms. The fourth-order valence-electron chi connectivity index (χ4n) is 3.60. The van der Waals surface area contributed by atoms with Crippen LogP contribution in [0.15, 0.2) is 0 Å². The molecule has 168 valence electrons. The van der Waals surface area contributed by atoms with E-state index in [0.29, 0.717) is 6.10 Å². The maximum absolute atomic E-state index is 5.69. The highest BCUT2D eigenvalue weighted by Gasteiger charge is 2.25. The van der Waals surface area contributed by atoms with Gasteiger partial charge in [0, 0.05) is 32.8 Å². The summed E-state index contributed by atoms with van der Waals surface area (Å²) < 4.78 is 5.69. The highest BCUT2D eigenvalue weighted by atomic mass is 16.5. The topological polar surface area (TPSA) is 33.3 Å². The Labute approximate surface area is 173 Å². The maximum Gasteiger partial charge on any atom is 0.0575 e. The van der Waals surface area contributed by atoms with E-state index in [4.69, 9.17) is 4.74 Å². The first-order valence-electron chi connectivity index (χ1n) is 12.2. The van der Waals surface area contributed by atoms with Crippen LogP contribution in [0, 0.1) is 17.8 Å². The molecule has 0 aromatic heterocycles. The van der Waals surface area contributed by atoms with Crippen LogP contribution >= 0.6 is 0 Å². The molecule has 0 spiro atoms. The fraction of sp³-hybridized carbons (Fsp3) is 1.00. The Bertz CT molecular complexity index is 223. The van der Waals surface area contributed by atoms with Crippen molar-refractivity contribution in [3.05, 3.63) is 0 Å². The predicted octanol–water partition coefficient (Wildman–Crippen LogP) is 6.52. The van der Waals surface area contributed by atoms with Gasteiger partial charge in [0.25, 0.3) is 0 Å². The van der Waals surface area contributed by atoms with Crippen LogP contribution in [0.25, 0.3) is 0 Å². The summed E-state index contributed by atoms with van der Waals surface area (Å²) in [5.74, 6) is 2.72. The van der Waals surface area contributed by atoms with E-state index in [9.17, 15) is 0 Å². The van der Waals surface area contributed by atoms with Gasteiger partial charge in [-0.05, 0) is 56.8 Å². The number of hydrogen-bond acceptors (Lipinski definition) is 3. The van der Waals surface area contributed by atoms with Crippen molar-refractivity contribution in [1.82, 2.24) is 10.6 Å². The molecule has 27 heavy (non-hydrogen) atoms. The van der Waals surface area contributed by atoms with Gasteiger partial charge in [-0.1, -0.05) is 62.3 Å². The third-order valence-corrected chi connectivity index (χ3v) is 4.73. The third kappa shape index (κ3) is 20.4. The van der Waals surface area contributed by atoms with E-state index in [1.54, 1.807) is 0 Å². The minimum atomic E-state index is 0.567. The summed E-state index contributed by atoms with van der Waals surface area (Å²) in [5.41, 5.74) is 0. The Kier molecular flexibility index (Phi) is 30.3. The zero-order chi connectivity index (χ0) is 21.5. The summed E-state index contributed by atoms with van der Waals surface area (Å²) in [6, 6.07) is 0. The van der Waals surface area contributed by atoms with Crippen molar-refractivity contribution in [2.24, 2.45) is 17.8 Å². The van der Waals surface area contributed by atoms with Crippen molar-refractivity contribution < 1.29 is 4.74 Å². The van der Waals surface area contributed by atoms with Crippen molar-refractivity contribution >= 4 is 0 Å². The van der Waals surface area contributed by atoms with Crippen molar-refractivity contribution in [3.63, 3.8) is 0 Å². The molecule has 2 rings (SSSR count). The first-order valence-corrected chi connectivity index (χ1v) is 12.2. The molecule has 3 nitrogen and oxygen atoms in total. The van der Waals surface area contributed by atoms with Crippen molar-refractivity contribution in [2.45, 2.75) is 107 Å². The second kappa shape index (κ2) is 25.9. The van der Waals surface area contributed by atoms with E-state index >= 15 is 0 Å². The predicted molar refractivity (Wildman–Crippen MR) is 126 cm³/mol. The second-order valence-electron chi connectivity index (χ2n) is 7.10. The monoisotopic (exact) mass is 388 g/mol. The normalized spacial score (nSPS) is 22.3. The van der Waals surface area contributed by atoms with Crippen LogP contribution in [0.5, 0.6) is 0 Å². The van der Waals surface area contributed by atoms with Crippen LogP contribution in [0.3, 0.4) is 0 Å². The van der Waals surface area contributed by atoms with Gasteiger partial charge in [-0.25, -0.2) is 0 Å². The van der Waals surface area contributed by atoms with Crippen LogP contribution in [-0.4, -0.2) is 38.9 Å². The molecule has 2 aliphatic rings. The minimum Gasteiger partial charge on any atom is -0.379 e. The van der Waals surface area contributed by atoms with Crippen molar-refractivity contribution in [2.75, 3.05) is 32.8 Å². The van der Waals surface area contributed by atoms with Crippen molar-refractivity contribution in [1.29, 1.82) is 0 Å². The highest BCUT2D eigenvalue weighted by molar-refractivity contribution is 4.76. The molecule has 1 aliphatic heterocycles. The van der Waals surface area contributed by atoms with Crippen LogP contribution in [-0.2, 0) is 4.74 Å². The Morgan fingerprint density at radius 2 is 1.15 bits per heavy atom. The Morgan fingerprint density at radius 3 is 1.44 bits per heavy atom. The van der Waals surface area contributed by atoms with Gasteiger partial charge < -0.3 is 15.4 Å². The zero-order valence-electron chi connectivity index (χ0n) is 20.8. The average Bonchev–Trinajstić information content (AvgIpc) is 2.74. The second-order valence-corrected chi connectivity index (χ2v) is 7.10. The van der Waals surface area contributed by atoms with Gasteiger partial charge in [0.1, 0.15) is 0 Å². The first-order chi connectivity index (χ1) is 13.1. The number of piperazine rings is 1. The Balaban J connectivity index is -0.000000397. The van der Waals surface area contributed by atoms with Gasteiger partial charge in [-0.15, -0.1) is 0 Å². The fourth-order valence-corrected chi connectivity index (χ4v) is 3.60. The first kappa shape index (κ1) is 31.6. The molecule has 1 saturated carbocycles. The van der Waals surface area contributed by atoms with Gasteiger partial charge in [0.2, 0.25) is 0 Å². The van der Waals surface area contributed by atoms with Crippen LogP contribution in [0.1, 0.15) is 101 Å². The van der Waals surface area contributed by atoms with Gasteiger partial charge in [-0.3, -0.25) is 0 Å². The van der Waals surface area contributed by atoms with E-state index < -0.39 is 0 Å². The smallest absolute Gasteiger partial charge is 0.0575 e. The van der Waals surface area contributed by atoms with Crippen LogP contribution in [0.4, 0.5) is 0 Å². The molecule has 1 saturated heterocycles. The molecular weight excluding hydrogens is 332 g/mol. The third-order valence-electron chi connectivity index (χ3n) is 4.73. The highest BCUT2D eigenvalue weighted by Crippen LogP contribution is 2.34. The van der Waals surface area contributed by atoms with E-state index in [2.05, 4.69) is 38.3 Å². The quantitative estimate of drug-likeness (QED) is 0.562. The Hall–Kier alpha value is -0.120. The SMILES string of the molecule is C1CNCCN1.CC.CC.CC.CCOC1CCC(C(C)CC(C)C)CC1. The lowest BCUT2D eigenvalue weighted by Gasteiger charge is -2.32. The lowest BCUT2D eigenvalue weighted by molar-refractivity contribution is 0.0179. The maximum atomic E-state index is 5.69. The molecule has 1 atom stereocenters. The van der Waals surface area contributed by atoms with E-state index in [0.717, 1.165) is 50.5 Å². The summed E-state index contributed by atoms with van der Waals surface area (Å²) in [6.45, 7) is 26.7. The molecule has 3 heteroatoms. The summed E-state index contributed by atoms with van der Waals surface area (Å²) in [4.78, 5) is 0. The van der Waals surface area contributed by atoms with Crippen molar-refractivity contribution in [3.8, 4) is 0 Å². The molecule has 1 heterocycles. The molecular formula is C24H56N2O. The van der Waals surface area contributed by atoms with E-state index in [-0.39, 0.29) is 0 Å². The lowest BCUT2D eigenvalue weighted by Crippen LogP contribution is -2.39. The molecule has 0 amide bonds.